The molecule has 1 unspecified atom stereocenters. The summed E-state index contributed by atoms with van der Waals surface area (Å²) < 4.78 is 38.1. The molecule has 18 heavy (non-hydrogen) atoms. The van der Waals surface area contributed by atoms with E-state index in [4.69, 9.17) is 5.73 Å². The van der Waals surface area contributed by atoms with Crippen molar-refractivity contribution >= 4 is 11.4 Å². The first-order valence-corrected chi connectivity index (χ1v) is 5.63. The topological polar surface area (TPSA) is 49.5 Å². The van der Waals surface area contributed by atoms with E-state index in [2.05, 4.69) is 0 Å². The second-order valence-electron chi connectivity index (χ2n) is 4.76. The van der Waals surface area contributed by atoms with Gasteiger partial charge in [0.15, 0.2) is 5.60 Å². The lowest BCUT2D eigenvalue weighted by Crippen LogP contribution is -2.47. The molecule has 1 fully saturated rings. The third kappa shape index (κ3) is 2.12. The van der Waals surface area contributed by atoms with E-state index in [-0.39, 0.29) is 13.0 Å². The summed E-state index contributed by atoms with van der Waals surface area (Å²) in [7, 11) is 0. The predicted octanol–water partition coefficient (Wildman–Crippen LogP) is 2.08. The number of aliphatic hydroxyl groups is 1. The van der Waals surface area contributed by atoms with Gasteiger partial charge in [-0.05, 0) is 24.6 Å². The van der Waals surface area contributed by atoms with Crippen molar-refractivity contribution in [1.29, 1.82) is 0 Å². The standard InChI is InChI=1S/C12H15F3N2O/c1-8-2-3-10(9(16)6-8)17-5-4-11(18,7-17)12(13,14)15/h2-3,6,18H,4-5,7,16H2,1H3. The fourth-order valence-electron chi connectivity index (χ4n) is 2.19. The Labute approximate surface area is 103 Å². The van der Waals surface area contributed by atoms with E-state index >= 15 is 0 Å². The molecule has 1 heterocycles. The first kappa shape index (κ1) is 13.0. The van der Waals surface area contributed by atoms with E-state index in [0.717, 1.165) is 5.56 Å². The molecule has 2 rings (SSSR count). The van der Waals surface area contributed by atoms with Crippen LogP contribution in [0.4, 0.5) is 24.5 Å². The van der Waals surface area contributed by atoms with Crippen molar-refractivity contribution in [3.8, 4) is 0 Å². The van der Waals surface area contributed by atoms with E-state index in [9.17, 15) is 18.3 Å². The summed E-state index contributed by atoms with van der Waals surface area (Å²) in [6, 6.07) is 5.18. The van der Waals surface area contributed by atoms with Crippen LogP contribution in [0.3, 0.4) is 0 Å². The van der Waals surface area contributed by atoms with Gasteiger partial charge in [0.25, 0.3) is 0 Å². The zero-order valence-electron chi connectivity index (χ0n) is 9.96. The normalized spacial score (nSPS) is 24.6. The Balaban J connectivity index is 2.23. The van der Waals surface area contributed by atoms with Gasteiger partial charge in [-0.2, -0.15) is 13.2 Å². The second kappa shape index (κ2) is 4.05. The van der Waals surface area contributed by atoms with Crippen molar-refractivity contribution in [1.82, 2.24) is 0 Å². The molecule has 6 heteroatoms. The number of hydrogen-bond donors (Lipinski definition) is 2. The number of hydrogen-bond acceptors (Lipinski definition) is 3. The van der Waals surface area contributed by atoms with E-state index < -0.39 is 18.3 Å². The van der Waals surface area contributed by atoms with Crippen LogP contribution in [0.5, 0.6) is 0 Å². The summed E-state index contributed by atoms with van der Waals surface area (Å²) >= 11 is 0. The van der Waals surface area contributed by atoms with Gasteiger partial charge < -0.3 is 15.7 Å². The van der Waals surface area contributed by atoms with Crippen molar-refractivity contribution < 1.29 is 18.3 Å². The van der Waals surface area contributed by atoms with Gasteiger partial charge in [0.05, 0.1) is 17.9 Å². The first-order chi connectivity index (χ1) is 8.23. The molecule has 1 atom stereocenters. The third-order valence-electron chi connectivity index (χ3n) is 3.30. The molecule has 0 aliphatic carbocycles. The number of nitrogen functional groups attached to an aromatic ring is 1. The molecule has 0 amide bonds. The van der Waals surface area contributed by atoms with Crippen molar-refractivity contribution in [2.75, 3.05) is 23.7 Å². The van der Waals surface area contributed by atoms with Gasteiger partial charge in [-0.1, -0.05) is 6.07 Å². The molecule has 1 aliphatic rings. The number of halogens is 3. The van der Waals surface area contributed by atoms with Crippen molar-refractivity contribution in [3.63, 3.8) is 0 Å². The van der Waals surface area contributed by atoms with Gasteiger partial charge in [0.1, 0.15) is 0 Å². The Hall–Kier alpha value is -1.43. The maximum atomic E-state index is 12.7. The Morgan fingerprint density at radius 2 is 2.06 bits per heavy atom. The summed E-state index contributed by atoms with van der Waals surface area (Å²) in [6.07, 6.45) is -4.94. The van der Waals surface area contributed by atoms with E-state index in [0.29, 0.717) is 11.4 Å². The number of nitrogens with two attached hydrogens (primary N) is 1. The quantitative estimate of drug-likeness (QED) is 0.760. The van der Waals surface area contributed by atoms with Gasteiger partial charge in [0.2, 0.25) is 0 Å². The van der Waals surface area contributed by atoms with Crippen LogP contribution in [0.1, 0.15) is 12.0 Å². The maximum absolute atomic E-state index is 12.7. The lowest BCUT2D eigenvalue weighted by atomic mass is 10.0. The number of β-amino-alcohol motifs (C(OH)–C–C–N with tert-alkyl or cyclic N) is 1. The van der Waals surface area contributed by atoms with E-state index in [1.54, 1.807) is 18.2 Å². The highest BCUT2D eigenvalue weighted by Crippen LogP contribution is 2.40. The van der Waals surface area contributed by atoms with Gasteiger partial charge >= 0.3 is 6.18 Å². The molecular weight excluding hydrogens is 245 g/mol. The number of anilines is 2. The average Bonchev–Trinajstić information content (AvgIpc) is 2.61. The Morgan fingerprint density at radius 1 is 1.39 bits per heavy atom. The van der Waals surface area contributed by atoms with Gasteiger partial charge in [0, 0.05) is 13.0 Å². The molecule has 1 aromatic rings. The van der Waals surface area contributed by atoms with Gasteiger partial charge in [-0.15, -0.1) is 0 Å². The molecule has 1 saturated heterocycles. The summed E-state index contributed by atoms with van der Waals surface area (Å²) in [5, 5.41) is 9.60. The molecule has 1 aromatic carbocycles. The van der Waals surface area contributed by atoms with Crippen LogP contribution in [-0.2, 0) is 0 Å². The lowest BCUT2D eigenvalue weighted by Gasteiger charge is -2.27. The molecule has 0 spiro atoms. The van der Waals surface area contributed by atoms with E-state index in [1.165, 1.54) is 4.90 Å². The summed E-state index contributed by atoms with van der Waals surface area (Å²) in [5.41, 5.74) is 5.08. The van der Waals surface area contributed by atoms with Crippen LogP contribution >= 0.6 is 0 Å². The minimum atomic E-state index is -4.61. The minimum Gasteiger partial charge on any atom is -0.397 e. The smallest absolute Gasteiger partial charge is 0.397 e. The highest BCUT2D eigenvalue weighted by Gasteiger charge is 2.57. The van der Waals surface area contributed by atoms with Gasteiger partial charge in [-0.3, -0.25) is 0 Å². The Bertz CT molecular complexity index is 461. The molecule has 0 aromatic heterocycles. The second-order valence-corrected chi connectivity index (χ2v) is 4.76. The molecule has 1 aliphatic heterocycles. The molecular formula is C12H15F3N2O. The molecule has 0 saturated carbocycles. The Morgan fingerprint density at radius 3 is 2.56 bits per heavy atom. The van der Waals surface area contributed by atoms with Crippen molar-refractivity contribution in [3.05, 3.63) is 23.8 Å². The molecule has 3 N–H and O–H groups in total. The number of benzene rings is 1. The molecule has 100 valence electrons. The number of alkyl halides is 3. The number of aryl methyl sites for hydroxylation is 1. The van der Waals surface area contributed by atoms with Crippen LogP contribution in [0.15, 0.2) is 18.2 Å². The van der Waals surface area contributed by atoms with Crippen LogP contribution in [-0.4, -0.2) is 30.0 Å². The van der Waals surface area contributed by atoms with Crippen LogP contribution in [0.25, 0.3) is 0 Å². The van der Waals surface area contributed by atoms with Crippen LogP contribution < -0.4 is 10.6 Å². The van der Waals surface area contributed by atoms with Crippen molar-refractivity contribution in [2.24, 2.45) is 0 Å². The predicted molar refractivity (Wildman–Crippen MR) is 63.4 cm³/mol. The highest BCUT2D eigenvalue weighted by atomic mass is 19.4. The van der Waals surface area contributed by atoms with Crippen LogP contribution in [0.2, 0.25) is 0 Å². The highest BCUT2D eigenvalue weighted by molar-refractivity contribution is 5.69. The summed E-state index contributed by atoms with van der Waals surface area (Å²) in [4.78, 5) is 1.47. The molecule has 3 nitrogen and oxygen atoms in total. The largest absolute Gasteiger partial charge is 0.418 e. The molecule has 0 radical (unpaired) electrons. The van der Waals surface area contributed by atoms with E-state index in [1.807, 2.05) is 6.92 Å². The zero-order chi connectivity index (χ0) is 13.6. The SMILES string of the molecule is Cc1ccc(N2CCC(O)(C(F)(F)F)C2)c(N)c1. The number of rotatable bonds is 1. The van der Waals surface area contributed by atoms with Crippen molar-refractivity contribution in [2.45, 2.75) is 25.1 Å². The minimum absolute atomic E-state index is 0.142. The number of nitrogens with zero attached hydrogens (tertiary/aromatic N) is 1. The fraction of sp³-hybridized carbons (Fsp3) is 0.500. The zero-order valence-corrected chi connectivity index (χ0v) is 9.96. The van der Waals surface area contributed by atoms with Crippen LogP contribution in [0, 0.1) is 6.92 Å². The monoisotopic (exact) mass is 260 g/mol. The molecule has 0 bridgehead atoms. The fourth-order valence-corrected chi connectivity index (χ4v) is 2.19. The lowest BCUT2D eigenvalue weighted by molar-refractivity contribution is -0.250. The summed E-state index contributed by atoms with van der Waals surface area (Å²) in [5.74, 6) is 0. The third-order valence-corrected chi connectivity index (χ3v) is 3.30. The maximum Gasteiger partial charge on any atom is 0.418 e. The Kier molecular flexibility index (Phi) is 2.93. The average molecular weight is 260 g/mol. The first-order valence-electron chi connectivity index (χ1n) is 5.63. The summed E-state index contributed by atoms with van der Waals surface area (Å²) in [6.45, 7) is 1.53. The van der Waals surface area contributed by atoms with Gasteiger partial charge in [-0.25, -0.2) is 0 Å².